The van der Waals surface area contributed by atoms with Crippen molar-refractivity contribution >= 4 is 25.4 Å². The Bertz CT molecular complexity index is 675. The summed E-state index contributed by atoms with van der Waals surface area (Å²) in [6.45, 7) is 0.742. The number of cyclic esters (lactones) is 1. The third-order valence-electron chi connectivity index (χ3n) is 4.31. The van der Waals surface area contributed by atoms with Crippen LogP contribution in [0.1, 0.15) is 12.0 Å². The standard InChI is InChI=1S/C20H23NO2Se/c1-21(2)14-16-13-20(23-19(16)22,17-9-5-3-6-10-17)15-24-18-11-7-4-8-12-18/h3-12,16H,13-15H2,1-2H3. The third kappa shape index (κ3) is 3.89. The number of hydrogen-bond donors (Lipinski definition) is 0. The molecule has 0 aromatic heterocycles. The Hall–Kier alpha value is -1.61. The Kier molecular flexibility index (Phi) is 5.39. The normalized spacial score (nSPS) is 23.5. The average Bonchev–Trinajstić information content (AvgIpc) is 2.91. The van der Waals surface area contributed by atoms with Gasteiger partial charge >= 0.3 is 150 Å². The van der Waals surface area contributed by atoms with Crippen molar-refractivity contribution in [2.24, 2.45) is 5.92 Å². The molecule has 1 heterocycles. The van der Waals surface area contributed by atoms with E-state index in [-0.39, 0.29) is 26.8 Å². The molecule has 2 unspecified atom stereocenters. The Labute approximate surface area is 150 Å². The zero-order valence-electron chi connectivity index (χ0n) is 14.1. The number of ether oxygens (including phenoxy) is 1. The summed E-state index contributed by atoms with van der Waals surface area (Å²) in [5.74, 6) is -0.108. The van der Waals surface area contributed by atoms with Crippen LogP contribution >= 0.6 is 0 Å². The molecular formula is C20H23NO2Se. The second-order valence-electron chi connectivity index (χ2n) is 6.55. The minimum atomic E-state index is -0.477. The van der Waals surface area contributed by atoms with Gasteiger partial charge < -0.3 is 0 Å². The molecule has 3 rings (SSSR count). The van der Waals surface area contributed by atoms with Crippen molar-refractivity contribution < 1.29 is 9.53 Å². The first kappa shape index (κ1) is 17.2. The predicted molar refractivity (Wildman–Crippen MR) is 97.5 cm³/mol. The van der Waals surface area contributed by atoms with Gasteiger partial charge in [0.25, 0.3) is 0 Å². The van der Waals surface area contributed by atoms with E-state index in [9.17, 15) is 4.79 Å². The molecule has 0 N–H and O–H groups in total. The molecule has 1 fully saturated rings. The third-order valence-corrected chi connectivity index (χ3v) is 6.86. The molecular weight excluding hydrogens is 365 g/mol. The summed E-state index contributed by atoms with van der Waals surface area (Å²) in [6, 6.07) is 20.7. The molecule has 2 aromatic carbocycles. The fourth-order valence-corrected chi connectivity index (χ4v) is 5.48. The fourth-order valence-electron chi connectivity index (χ4n) is 3.19. The summed E-state index contributed by atoms with van der Waals surface area (Å²) in [5.41, 5.74) is 0.645. The number of hydrogen-bond acceptors (Lipinski definition) is 3. The Morgan fingerprint density at radius 1 is 1.08 bits per heavy atom. The van der Waals surface area contributed by atoms with Gasteiger partial charge in [-0.1, -0.05) is 0 Å². The Morgan fingerprint density at radius 3 is 2.33 bits per heavy atom. The number of esters is 1. The molecule has 126 valence electrons. The number of benzene rings is 2. The van der Waals surface area contributed by atoms with Gasteiger partial charge in [-0.3, -0.25) is 0 Å². The first-order valence-corrected chi connectivity index (χ1v) is 10.3. The van der Waals surface area contributed by atoms with E-state index >= 15 is 0 Å². The molecule has 0 bridgehead atoms. The summed E-state index contributed by atoms with van der Waals surface area (Å²) in [5, 5.41) is 0.879. The maximum absolute atomic E-state index is 12.5. The van der Waals surface area contributed by atoms with Gasteiger partial charge in [-0.05, 0) is 0 Å². The van der Waals surface area contributed by atoms with Crippen LogP contribution in [0.5, 0.6) is 0 Å². The van der Waals surface area contributed by atoms with E-state index < -0.39 is 5.60 Å². The van der Waals surface area contributed by atoms with Crippen LogP contribution in [0.3, 0.4) is 0 Å². The monoisotopic (exact) mass is 389 g/mol. The van der Waals surface area contributed by atoms with Crippen molar-refractivity contribution in [3.05, 3.63) is 66.2 Å². The molecule has 1 saturated heterocycles. The minimum absolute atomic E-state index is 0.0493. The number of nitrogens with zero attached hydrogens (tertiary/aromatic N) is 1. The van der Waals surface area contributed by atoms with E-state index in [4.69, 9.17) is 4.74 Å². The summed E-state index contributed by atoms with van der Waals surface area (Å²) >= 11 is 0.268. The fraction of sp³-hybridized carbons (Fsp3) is 0.350. The molecule has 2 aromatic rings. The van der Waals surface area contributed by atoms with E-state index in [0.717, 1.165) is 23.8 Å². The van der Waals surface area contributed by atoms with Gasteiger partial charge in [0, 0.05) is 0 Å². The van der Waals surface area contributed by atoms with Crippen molar-refractivity contribution in [1.29, 1.82) is 0 Å². The van der Waals surface area contributed by atoms with Crippen molar-refractivity contribution in [2.75, 3.05) is 20.6 Å². The summed E-state index contributed by atoms with van der Waals surface area (Å²) < 4.78 is 7.36. The number of carbonyl (C=O) groups excluding carboxylic acids is 1. The van der Waals surface area contributed by atoms with E-state index in [1.54, 1.807) is 0 Å². The second kappa shape index (κ2) is 7.52. The second-order valence-corrected chi connectivity index (χ2v) is 8.75. The number of carbonyl (C=O) groups is 1. The van der Waals surface area contributed by atoms with Crippen molar-refractivity contribution in [1.82, 2.24) is 4.90 Å². The molecule has 2 atom stereocenters. The van der Waals surface area contributed by atoms with E-state index in [1.165, 1.54) is 4.46 Å². The SMILES string of the molecule is CN(C)CC1CC(C[Se]c2ccccc2)(c2ccccc2)OC1=O. The van der Waals surface area contributed by atoms with Crippen LogP contribution in [0.4, 0.5) is 0 Å². The zero-order chi connectivity index (χ0) is 17.0. The molecule has 1 aliphatic heterocycles. The summed E-state index contributed by atoms with van der Waals surface area (Å²) in [4.78, 5) is 14.5. The molecule has 3 nitrogen and oxygen atoms in total. The van der Waals surface area contributed by atoms with Gasteiger partial charge in [-0.2, -0.15) is 0 Å². The molecule has 0 amide bonds. The molecule has 24 heavy (non-hydrogen) atoms. The topological polar surface area (TPSA) is 29.5 Å². The van der Waals surface area contributed by atoms with Gasteiger partial charge in [0.2, 0.25) is 0 Å². The number of rotatable bonds is 6. The van der Waals surface area contributed by atoms with Crippen LogP contribution in [0.15, 0.2) is 60.7 Å². The summed E-state index contributed by atoms with van der Waals surface area (Å²) in [7, 11) is 4.01. The molecule has 0 saturated carbocycles. The van der Waals surface area contributed by atoms with Crippen LogP contribution in [0.25, 0.3) is 0 Å². The van der Waals surface area contributed by atoms with Gasteiger partial charge in [-0.15, -0.1) is 0 Å². The van der Waals surface area contributed by atoms with E-state index in [0.29, 0.717) is 0 Å². The average molecular weight is 388 g/mol. The van der Waals surface area contributed by atoms with Crippen molar-refractivity contribution in [2.45, 2.75) is 17.3 Å². The molecule has 0 aliphatic carbocycles. The quantitative estimate of drug-likeness (QED) is 0.563. The first-order chi connectivity index (χ1) is 11.6. The van der Waals surface area contributed by atoms with Gasteiger partial charge in [0.15, 0.2) is 0 Å². The molecule has 0 spiro atoms. The van der Waals surface area contributed by atoms with Crippen LogP contribution in [-0.4, -0.2) is 46.5 Å². The van der Waals surface area contributed by atoms with Crippen molar-refractivity contribution in [3.8, 4) is 0 Å². The van der Waals surface area contributed by atoms with Crippen LogP contribution in [0.2, 0.25) is 5.32 Å². The predicted octanol–water partition coefficient (Wildman–Crippen LogP) is 2.45. The van der Waals surface area contributed by atoms with Crippen LogP contribution in [0, 0.1) is 5.92 Å². The zero-order valence-corrected chi connectivity index (χ0v) is 15.9. The Balaban J connectivity index is 1.84. The molecule has 0 radical (unpaired) electrons. The maximum atomic E-state index is 12.5. The van der Waals surface area contributed by atoms with E-state index in [2.05, 4.69) is 41.3 Å². The summed E-state index contributed by atoms with van der Waals surface area (Å²) in [6.07, 6.45) is 0.766. The first-order valence-electron chi connectivity index (χ1n) is 8.20. The van der Waals surface area contributed by atoms with Gasteiger partial charge in [0.05, 0.1) is 0 Å². The van der Waals surface area contributed by atoms with Crippen LogP contribution in [-0.2, 0) is 15.1 Å². The van der Waals surface area contributed by atoms with Crippen molar-refractivity contribution in [3.63, 3.8) is 0 Å². The van der Waals surface area contributed by atoms with Crippen LogP contribution < -0.4 is 4.46 Å². The van der Waals surface area contributed by atoms with Gasteiger partial charge in [0.1, 0.15) is 0 Å². The Morgan fingerprint density at radius 2 is 1.71 bits per heavy atom. The van der Waals surface area contributed by atoms with Gasteiger partial charge in [-0.25, -0.2) is 0 Å². The molecule has 4 heteroatoms. The van der Waals surface area contributed by atoms with E-state index in [1.807, 2.05) is 38.4 Å². The molecule has 1 aliphatic rings.